The minimum atomic E-state index is 0.373. The molecule has 0 bridgehead atoms. The molecule has 2 heteroatoms. The zero-order valence-electron chi connectivity index (χ0n) is 9.76. The van der Waals surface area contributed by atoms with Crippen molar-refractivity contribution in [1.29, 1.82) is 0 Å². The summed E-state index contributed by atoms with van der Waals surface area (Å²) in [6.45, 7) is 7.71. The van der Waals surface area contributed by atoms with Crippen LogP contribution in [0.1, 0.15) is 38.8 Å². The monoisotopic (exact) mass is 225 g/mol. The predicted molar refractivity (Wildman–Crippen MR) is 67.3 cm³/mol. The smallest absolute Gasteiger partial charge is 0.0409 e. The van der Waals surface area contributed by atoms with Gasteiger partial charge >= 0.3 is 0 Å². The topological polar surface area (TPSA) is 12.0 Å². The van der Waals surface area contributed by atoms with Crippen LogP contribution in [-0.2, 0) is 0 Å². The first-order valence-electron chi connectivity index (χ1n) is 5.62. The first kappa shape index (κ1) is 12.5. The highest BCUT2D eigenvalue weighted by atomic mass is 35.5. The molecule has 0 radical (unpaired) electrons. The van der Waals surface area contributed by atoms with Gasteiger partial charge in [-0.25, -0.2) is 0 Å². The number of hydrogen-bond acceptors (Lipinski definition) is 1. The zero-order valence-corrected chi connectivity index (χ0v) is 10.5. The molecule has 1 nitrogen and oxygen atoms in total. The van der Waals surface area contributed by atoms with E-state index >= 15 is 0 Å². The molecule has 0 aromatic heterocycles. The van der Waals surface area contributed by atoms with Gasteiger partial charge in [0, 0.05) is 11.1 Å². The van der Waals surface area contributed by atoms with E-state index in [0.717, 1.165) is 17.5 Å². The van der Waals surface area contributed by atoms with Crippen molar-refractivity contribution in [1.82, 2.24) is 5.32 Å². The molecule has 0 saturated carbocycles. The third kappa shape index (κ3) is 4.23. The van der Waals surface area contributed by atoms with Gasteiger partial charge in [-0.05, 0) is 37.1 Å². The van der Waals surface area contributed by atoms with E-state index in [1.54, 1.807) is 0 Å². The third-order valence-electron chi connectivity index (χ3n) is 2.82. The van der Waals surface area contributed by atoms with Gasteiger partial charge in [0.15, 0.2) is 0 Å². The summed E-state index contributed by atoms with van der Waals surface area (Å²) in [7, 11) is 0. The Balaban J connectivity index is 2.50. The number of hydrogen-bond donors (Lipinski definition) is 1. The van der Waals surface area contributed by atoms with Gasteiger partial charge in [0.05, 0.1) is 0 Å². The first-order valence-corrected chi connectivity index (χ1v) is 6.00. The molecule has 1 N–H and O–H groups in total. The van der Waals surface area contributed by atoms with E-state index in [4.69, 9.17) is 11.6 Å². The van der Waals surface area contributed by atoms with E-state index in [1.165, 1.54) is 12.0 Å². The van der Waals surface area contributed by atoms with Crippen molar-refractivity contribution in [3.63, 3.8) is 0 Å². The van der Waals surface area contributed by atoms with Crippen molar-refractivity contribution in [3.05, 3.63) is 34.9 Å². The Labute approximate surface area is 97.8 Å². The standard InChI is InChI=1S/C13H20ClN/c1-4-10(2)9-15-11(3)12-6-5-7-13(14)8-12/h5-8,10-11,15H,4,9H2,1-3H3/t10?,11-/m0/s1. The maximum Gasteiger partial charge on any atom is 0.0409 e. The van der Waals surface area contributed by atoms with Crippen LogP contribution in [0.2, 0.25) is 5.02 Å². The molecular formula is C13H20ClN. The van der Waals surface area contributed by atoms with Crippen LogP contribution in [-0.4, -0.2) is 6.54 Å². The van der Waals surface area contributed by atoms with Crippen LogP contribution >= 0.6 is 11.6 Å². The molecule has 0 amide bonds. The molecule has 0 saturated heterocycles. The molecular weight excluding hydrogens is 206 g/mol. The van der Waals surface area contributed by atoms with Crippen molar-refractivity contribution < 1.29 is 0 Å². The lowest BCUT2D eigenvalue weighted by Crippen LogP contribution is -2.24. The molecule has 1 aromatic carbocycles. The molecule has 15 heavy (non-hydrogen) atoms. The first-order chi connectivity index (χ1) is 7.13. The summed E-state index contributed by atoms with van der Waals surface area (Å²) in [4.78, 5) is 0. The SMILES string of the molecule is CCC(C)CN[C@@H](C)c1cccc(Cl)c1. The van der Waals surface area contributed by atoms with Crippen molar-refractivity contribution in [2.75, 3.05) is 6.54 Å². The van der Waals surface area contributed by atoms with E-state index in [-0.39, 0.29) is 0 Å². The lowest BCUT2D eigenvalue weighted by Gasteiger charge is -2.17. The van der Waals surface area contributed by atoms with Gasteiger partial charge in [-0.2, -0.15) is 0 Å². The fourth-order valence-corrected chi connectivity index (χ4v) is 1.61. The normalized spacial score (nSPS) is 14.9. The molecule has 1 rings (SSSR count). The second kappa shape index (κ2) is 6.14. The molecule has 1 unspecified atom stereocenters. The van der Waals surface area contributed by atoms with Crippen molar-refractivity contribution in [2.45, 2.75) is 33.2 Å². The van der Waals surface area contributed by atoms with Crippen LogP contribution in [0.3, 0.4) is 0 Å². The summed E-state index contributed by atoms with van der Waals surface area (Å²) < 4.78 is 0. The summed E-state index contributed by atoms with van der Waals surface area (Å²) in [6, 6.07) is 8.42. The average molecular weight is 226 g/mol. The van der Waals surface area contributed by atoms with Crippen LogP contribution in [0.15, 0.2) is 24.3 Å². The Hall–Kier alpha value is -0.530. The van der Waals surface area contributed by atoms with Crippen molar-refractivity contribution in [2.24, 2.45) is 5.92 Å². The highest BCUT2D eigenvalue weighted by molar-refractivity contribution is 6.30. The fourth-order valence-electron chi connectivity index (χ4n) is 1.42. The maximum absolute atomic E-state index is 5.95. The lowest BCUT2D eigenvalue weighted by molar-refractivity contribution is 0.461. The third-order valence-corrected chi connectivity index (χ3v) is 3.05. The average Bonchev–Trinajstić information content (AvgIpc) is 2.25. The Morgan fingerprint density at radius 1 is 1.33 bits per heavy atom. The van der Waals surface area contributed by atoms with Crippen LogP contribution in [0.4, 0.5) is 0 Å². The second-order valence-electron chi connectivity index (χ2n) is 4.20. The molecule has 0 aliphatic rings. The number of halogens is 1. The summed E-state index contributed by atoms with van der Waals surface area (Å²) in [5, 5.41) is 4.33. The molecule has 0 spiro atoms. The van der Waals surface area contributed by atoms with E-state index in [9.17, 15) is 0 Å². The summed E-state index contributed by atoms with van der Waals surface area (Å²) in [6.07, 6.45) is 1.22. The van der Waals surface area contributed by atoms with Gasteiger partial charge in [0.25, 0.3) is 0 Å². The molecule has 0 aliphatic carbocycles. The van der Waals surface area contributed by atoms with Crippen LogP contribution in [0.25, 0.3) is 0 Å². The Kier molecular flexibility index (Phi) is 5.13. The molecule has 1 aromatic rings. The van der Waals surface area contributed by atoms with Gasteiger partial charge in [0.2, 0.25) is 0 Å². The van der Waals surface area contributed by atoms with Crippen LogP contribution in [0, 0.1) is 5.92 Å². The van der Waals surface area contributed by atoms with E-state index in [0.29, 0.717) is 6.04 Å². The van der Waals surface area contributed by atoms with Crippen molar-refractivity contribution in [3.8, 4) is 0 Å². The number of benzene rings is 1. The van der Waals surface area contributed by atoms with Gasteiger partial charge < -0.3 is 5.32 Å². The highest BCUT2D eigenvalue weighted by Gasteiger charge is 2.06. The summed E-state index contributed by atoms with van der Waals surface area (Å²) in [5.74, 6) is 0.728. The highest BCUT2D eigenvalue weighted by Crippen LogP contribution is 2.17. The second-order valence-corrected chi connectivity index (χ2v) is 4.63. The molecule has 84 valence electrons. The Bertz CT molecular complexity index is 298. The van der Waals surface area contributed by atoms with Crippen LogP contribution in [0.5, 0.6) is 0 Å². The maximum atomic E-state index is 5.95. The minimum Gasteiger partial charge on any atom is -0.310 e. The fraction of sp³-hybridized carbons (Fsp3) is 0.538. The van der Waals surface area contributed by atoms with E-state index < -0.39 is 0 Å². The molecule has 2 atom stereocenters. The van der Waals surface area contributed by atoms with Gasteiger partial charge in [0.1, 0.15) is 0 Å². The van der Waals surface area contributed by atoms with Gasteiger partial charge in [-0.1, -0.05) is 44.0 Å². The number of rotatable bonds is 5. The molecule has 0 heterocycles. The Morgan fingerprint density at radius 3 is 2.67 bits per heavy atom. The zero-order chi connectivity index (χ0) is 11.3. The van der Waals surface area contributed by atoms with Crippen molar-refractivity contribution >= 4 is 11.6 Å². The largest absolute Gasteiger partial charge is 0.310 e. The minimum absolute atomic E-state index is 0.373. The van der Waals surface area contributed by atoms with E-state index in [1.807, 2.05) is 18.2 Å². The molecule has 0 aliphatic heterocycles. The van der Waals surface area contributed by atoms with Gasteiger partial charge in [-0.15, -0.1) is 0 Å². The van der Waals surface area contributed by atoms with Gasteiger partial charge in [-0.3, -0.25) is 0 Å². The van der Waals surface area contributed by atoms with E-state index in [2.05, 4.69) is 32.2 Å². The number of nitrogens with one attached hydrogen (secondary N) is 1. The summed E-state index contributed by atoms with van der Waals surface area (Å²) in [5.41, 5.74) is 1.26. The predicted octanol–water partition coefficient (Wildman–Crippen LogP) is 4.04. The lowest BCUT2D eigenvalue weighted by atomic mass is 10.1. The quantitative estimate of drug-likeness (QED) is 0.798. The summed E-state index contributed by atoms with van der Waals surface area (Å²) >= 11 is 5.95. The Morgan fingerprint density at radius 2 is 2.07 bits per heavy atom. The molecule has 0 fully saturated rings. The van der Waals surface area contributed by atoms with Crippen LogP contribution < -0.4 is 5.32 Å².